The van der Waals surface area contributed by atoms with Gasteiger partial charge in [0, 0.05) is 24.4 Å². The minimum absolute atomic E-state index is 0.134. The molecule has 2 heterocycles. The number of ether oxygens (including phenoxy) is 1. The minimum atomic E-state index is -0.179. The maximum atomic E-state index is 12.4. The molecule has 0 aliphatic heterocycles. The van der Waals surface area contributed by atoms with E-state index in [1.54, 1.807) is 30.5 Å². The Morgan fingerprint density at radius 2 is 1.87 bits per heavy atom. The monoisotopic (exact) mass is 399 g/mol. The van der Waals surface area contributed by atoms with E-state index in [1.807, 2.05) is 49.4 Å². The fourth-order valence-electron chi connectivity index (χ4n) is 3.09. The number of carbonyl (C=O) groups is 1. The van der Waals surface area contributed by atoms with Crippen LogP contribution in [0.2, 0.25) is 0 Å². The second kappa shape index (κ2) is 8.61. The average molecular weight is 399 g/mol. The summed E-state index contributed by atoms with van der Waals surface area (Å²) in [5.74, 6) is 0.357. The lowest BCUT2D eigenvalue weighted by atomic mass is 10.2. The van der Waals surface area contributed by atoms with E-state index in [9.17, 15) is 9.59 Å². The van der Waals surface area contributed by atoms with Gasteiger partial charge in [-0.3, -0.25) is 14.0 Å². The number of aryl methyl sites for hydroxylation is 1. The van der Waals surface area contributed by atoms with Crippen LogP contribution in [0.15, 0.2) is 83.8 Å². The smallest absolute Gasteiger partial charge is 0.258 e. The van der Waals surface area contributed by atoms with Crippen molar-refractivity contribution < 1.29 is 9.53 Å². The van der Waals surface area contributed by atoms with Crippen molar-refractivity contribution in [1.29, 1.82) is 0 Å². The third kappa shape index (κ3) is 4.55. The van der Waals surface area contributed by atoms with Crippen molar-refractivity contribution in [3.8, 4) is 5.75 Å². The Morgan fingerprint density at radius 3 is 2.70 bits per heavy atom. The predicted octanol–water partition coefficient (Wildman–Crippen LogP) is 3.51. The third-order valence-corrected chi connectivity index (χ3v) is 4.65. The molecule has 1 N–H and O–H groups in total. The molecule has 30 heavy (non-hydrogen) atoms. The lowest BCUT2D eigenvalue weighted by Gasteiger charge is -2.09. The van der Waals surface area contributed by atoms with Crippen molar-refractivity contribution >= 4 is 11.6 Å². The highest BCUT2D eigenvalue weighted by Gasteiger charge is 2.08. The lowest BCUT2D eigenvalue weighted by molar-refractivity contribution is 0.0950. The first kappa shape index (κ1) is 19.4. The van der Waals surface area contributed by atoms with Crippen molar-refractivity contribution in [2.45, 2.75) is 20.1 Å². The van der Waals surface area contributed by atoms with E-state index in [0.29, 0.717) is 29.2 Å². The molecule has 0 aliphatic rings. The zero-order valence-electron chi connectivity index (χ0n) is 16.5. The van der Waals surface area contributed by atoms with Crippen LogP contribution in [-0.2, 0) is 13.2 Å². The van der Waals surface area contributed by atoms with E-state index in [1.165, 1.54) is 10.5 Å². The highest BCUT2D eigenvalue weighted by Crippen LogP contribution is 2.15. The van der Waals surface area contributed by atoms with E-state index < -0.39 is 0 Å². The molecule has 6 nitrogen and oxygen atoms in total. The van der Waals surface area contributed by atoms with Crippen LogP contribution in [0.1, 0.15) is 27.2 Å². The molecule has 150 valence electrons. The number of hydrogen-bond acceptors (Lipinski definition) is 4. The molecule has 0 atom stereocenters. The van der Waals surface area contributed by atoms with Crippen LogP contribution in [0.4, 0.5) is 0 Å². The maximum absolute atomic E-state index is 12.4. The van der Waals surface area contributed by atoms with E-state index in [0.717, 1.165) is 11.1 Å². The Hall–Kier alpha value is -3.93. The number of aromatic nitrogens is 2. The third-order valence-electron chi connectivity index (χ3n) is 4.65. The topological polar surface area (TPSA) is 72.7 Å². The summed E-state index contributed by atoms with van der Waals surface area (Å²) >= 11 is 0. The molecule has 2 aromatic carbocycles. The molecule has 0 radical (unpaired) electrons. The molecule has 0 saturated carbocycles. The Balaban J connectivity index is 1.44. The molecule has 0 fully saturated rings. The zero-order chi connectivity index (χ0) is 20.9. The van der Waals surface area contributed by atoms with Crippen LogP contribution in [0.5, 0.6) is 5.75 Å². The largest absolute Gasteiger partial charge is 0.487 e. The van der Waals surface area contributed by atoms with Gasteiger partial charge >= 0.3 is 0 Å². The van der Waals surface area contributed by atoms with Gasteiger partial charge in [-0.1, -0.05) is 36.4 Å². The van der Waals surface area contributed by atoms with E-state index >= 15 is 0 Å². The molecule has 4 rings (SSSR count). The van der Waals surface area contributed by atoms with Crippen LogP contribution in [0.25, 0.3) is 5.65 Å². The van der Waals surface area contributed by atoms with Gasteiger partial charge in [0.25, 0.3) is 11.5 Å². The van der Waals surface area contributed by atoms with Crippen LogP contribution in [0.3, 0.4) is 0 Å². The van der Waals surface area contributed by atoms with Gasteiger partial charge in [-0.15, -0.1) is 0 Å². The van der Waals surface area contributed by atoms with Gasteiger partial charge in [0.2, 0.25) is 0 Å². The van der Waals surface area contributed by atoms with Crippen molar-refractivity contribution in [2.24, 2.45) is 0 Å². The lowest BCUT2D eigenvalue weighted by Crippen LogP contribution is -2.22. The van der Waals surface area contributed by atoms with Crippen LogP contribution < -0.4 is 15.6 Å². The number of rotatable bonds is 6. The second-order valence-corrected chi connectivity index (χ2v) is 7.00. The standard InChI is InChI=1S/C24H21N3O3/c1-17-10-11-27-22(12-17)26-20(14-23(27)28)16-30-21-9-5-8-19(13-21)24(29)25-15-18-6-3-2-4-7-18/h2-14H,15-16H2,1H3,(H,25,29). The van der Waals surface area contributed by atoms with Crippen LogP contribution >= 0.6 is 0 Å². The quantitative estimate of drug-likeness (QED) is 0.539. The molecule has 4 aromatic rings. The molecule has 2 aromatic heterocycles. The highest BCUT2D eigenvalue weighted by molar-refractivity contribution is 5.94. The van der Waals surface area contributed by atoms with Crippen LogP contribution in [0, 0.1) is 6.92 Å². The fraction of sp³-hybridized carbons (Fsp3) is 0.125. The second-order valence-electron chi connectivity index (χ2n) is 7.00. The van der Waals surface area contributed by atoms with Crippen LogP contribution in [-0.4, -0.2) is 15.3 Å². The summed E-state index contributed by atoms with van der Waals surface area (Å²) in [6, 6.07) is 21.8. The SMILES string of the molecule is Cc1ccn2c(=O)cc(COc3cccc(C(=O)NCc4ccccc4)c3)nc2c1. The van der Waals surface area contributed by atoms with Crippen molar-refractivity contribution in [2.75, 3.05) is 0 Å². The molecule has 1 amide bonds. The minimum Gasteiger partial charge on any atom is -0.487 e. The molecular weight excluding hydrogens is 378 g/mol. The Labute approximate surface area is 173 Å². The predicted molar refractivity (Wildman–Crippen MR) is 115 cm³/mol. The van der Waals surface area contributed by atoms with Crippen molar-refractivity contribution in [3.05, 3.63) is 112 Å². The number of nitrogens with zero attached hydrogens (tertiary/aromatic N) is 2. The summed E-state index contributed by atoms with van der Waals surface area (Å²) in [5, 5.41) is 2.90. The van der Waals surface area contributed by atoms with Gasteiger partial charge in [-0.2, -0.15) is 0 Å². The van der Waals surface area contributed by atoms with E-state index in [2.05, 4.69) is 10.3 Å². The first-order valence-corrected chi connectivity index (χ1v) is 9.62. The summed E-state index contributed by atoms with van der Waals surface area (Å²) in [7, 11) is 0. The number of benzene rings is 2. The van der Waals surface area contributed by atoms with Gasteiger partial charge in [-0.05, 0) is 48.4 Å². The Bertz CT molecular complexity index is 1250. The van der Waals surface area contributed by atoms with Gasteiger partial charge in [0.05, 0.1) is 5.69 Å². The number of carbonyl (C=O) groups excluding carboxylic acids is 1. The summed E-state index contributed by atoms with van der Waals surface area (Å²) < 4.78 is 7.28. The van der Waals surface area contributed by atoms with Gasteiger partial charge < -0.3 is 10.1 Å². The number of fused-ring (bicyclic) bond motifs is 1. The Morgan fingerprint density at radius 1 is 1.03 bits per heavy atom. The molecule has 0 spiro atoms. The van der Waals surface area contributed by atoms with E-state index in [-0.39, 0.29) is 18.1 Å². The molecule has 0 saturated heterocycles. The van der Waals surface area contributed by atoms with Crippen molar-refractivity contribution in [1.82, 2.24) is 14.7 Å². The summed E-state index contributed by atoms with van der Waals surface area (Å²) in [6.45, 7) is 2.54. The maximum Gasteiger partial charge on any atom is 0.258 e. The summed E-state index contributed by atoms with van der Waals surface area (Å²) in [5.41, 5.74) is 3.51. The fourth-order valence-corrected chi connectivity index (χ4v) is 3.09. The molecular formula is C24H21N3O3. The first-order chi connectivity index (χ1) is 14.6. The van der Waals surface area contributed by atoms with Gasteiger partial charge in [0.1, 0.15) is 18.0 Å². The molecule has 0 bridgehead atoms. The van der Waals surface area contributed by atoms with Gasteiger partial charge in [-0.25, -0.2) is 4.98 Å². The summed E-state index contributed by atoms with van der Waals surface area (Å²) in [4.78, 5) is 29.2. The zero-order valence-corrected chi connectivity index (χ0v) is 16.5. The molecule has 0 aliphatic carbocycles. The number of hydrogen-bond donors (Lipinski definition) is 1. The molecule has 6 heteroatoms. The number of amides is 1. The average Bonchev–Trinajstić information content (AvgIpc) is 2.76. The number of pyridine rings is 1. The van der Waals surface area contributed by atoms with Crippen molar-refractivity contribution in [3.63, 3.8) is 0 Å². The normalized spacial score (nSPS) is 10.7. The summed E-state index contributed by atoms with van der Waals surface area (Å²) in [6.07, 6.45) is 1.71. The van der Waals surface area contributed by atoms with E-state index in [4.69, 9.17) is 4.74 Å². The molecule has 0 unspecified atom stereocenters. The highest BCUT2D eigenvalue weighted by atomic mass is 16.5. The van der Waals surface area contributed by atoms with Gasteiger partial charge in [0.15, 0.2) is 0 Å². The Kier molecular flexibility index (Phi) is 5.57. The first-order valence-electron chi connectivity index (χ1n) is 9.62. The number of nitrogens with one attached hydrogen (secondary N) is 1.